The molecule has 0 radical (unpaired) electrons. The molecule has 1 aliphatic heterocycles. The molecule has 112 valence electrons. The SMILES string of the molecule is O=C1C=C(c2cc3ccccc3[nH]2)C(=O)N1Nc1ccccc1. The number of nitrogens with zero attached hydrogens (tertiary/aromatic N) is 1. The Morgan fingerprint density at radius 2 is 1.65 bits per heavy atom. The number of aromatic nitrogens is 1. The third kappa shape index (κ3) is 2.28. The van der Waals surface area contributed by atoms with Crippen LogP contribution in [0.4, 0.5) is 5.69 Å². The van der Waals surface area contributed by atoms with E-state index in [0.717, 1.165) is 15.9 Å². The van der Waals surface area contributed by atoms with Crippen LogP contribution >= 0.6 is 0 Å². The Morgan fingerprint density at radius 1 is 0.913 bits per heavy atom. The molecule has 0 unspecified atom stereocenters. The second-order valence-electron chi connectivity index (χ2n) is 5.28. The number of aromatic amines is 1. The van der Waals surface area contributed by atoms with Crippen molar-refractivity contribution in [2.75, 3.05) is 5.43 Å². The summed E-state index contributed by atoms with van der Waals surface area (Å²) in [5, 5.41) is 2.02. The minimum Gasteiger partial charge on any atom is -0.354 e. The Bertz CT molecular complexity index is 908. The maximum absolute atomic E-state index is 12.6. The van der Waals surface area contributed by atoms with Crippen molar-refractivity contribution in [1.29, 1.82) is 0 Å². The van der Waals surface area contributed by atoms with Gasteiger partial charge in [-0.1, -0.05) is 36.4 Å². The van der Waals surface area contributed by atoms with E-state index in [1.165, 1.54) is 6.08 Å². The number of carbonyl (C=O) groups is 2. The number of benzene rings is 2. The van der Waals surface area contributed by atoms with Crippen molar-refractivity contribution >= 4 is 34.0 Å². The van der Waals surface area contributed by atoms with Gasteiger partial charge in [0.2, 0.25) is 0 Å². The van der Waals surface area contributed by atoms with Crippen LogP contribution in [0.3, 0.4) is 0 Å². The first-order valence-electron chi connectivity index (χ1n) is 7.22. The second kappa shape index (κ2) is 5.14. The third-order valence-corrected chi connectivity index (χ3v) is 3.76. The Balaban J connectivity index is 1.65. The molecule has 1 aromatic heterocycles. The lowest BCUT2D eigenvalue weighted by Crippen LogP contribution is -2.36. The van der Waals surface area contributed by atoms with Crippen molar-refractivity contribution in [1.82, 2.24) is 9.99 Å². The summed E-state index contributed by atoms with van der Waals surface area (Å²) < 4.78 is 0. The number of para-hydroxylation sites is 2. The van der Waals surface area contributed by atoms with Gasteiger partial charge in [-0.2, -0.15) is 5.01 Å². The summed E-state index contributed by atoms with van der Waals surface area (Å²) in [5.41, 5.74) is 5.45. The van der Waals surface area contributed by atoms with E-state index < -0.39 is 0 Å². The number of imide groups is 1. The summed E-state index contributed by atoms with van der Waals surface area (Å²) in [6.45, 7) is 0. The molecule has 2 heterocycles. The summed E-state index contributed by atoms with van der Waals surface area (Å²) in [5.74, 6) is -0.752. The molecule has 0 bridgehead atoms. The van der Waals surface area contributed by atoms with Crippen LogP contribution in [-0.4, -0.2) is 21.8 Å². The summed E-state index contributed by atoms with van der Waals surface area (Å²) in [7, 11) is 0. The lowest BCUT2D eigenvalue weighted by molar-refractivity contribution is -0.134. The lowest BCUT2D eigenvalue weighted by atomic mass is 10.2. The quantitative estimate of drug-likeness (QED) is 0.731. The van der Waals surface area contributed by atoms with E-state index in [1.54, 1.807) is 12.1 Å². The summed E-state index contributed by atoms with van der Waals surface area (Å²) in [6, 6.07) is 18.7. The van der Waals surface area contributed by atoms with Crippen LogP contribution in [0.15, 0.2) is 66.7 Å². The van der Waals surface area contributed by atoms with Gasteiger partial charge < -0.3 is 4.98 Å². The van der Waals surface area contributed by atoms with Crippen molar-refractivity contribution in [3.05, 3.63) is 72.4 Å². The zero-order chi connectivity index (χ0) is 15.8. The maximum atomic E-state index is 12.6. The van der Waals surface area contributed by atoms with E-state index in [2.05, 4.69) is 10.4 Å². The summed E-state index contributed by atoms with van der Waals surface area (Å²) in [6.07, 6.45) is 1.35. The van der Waals surface area contributed by atoms with Crippen molar-refractivity contribution < 1.29 is 9.59 Å². The molecular weight excluding hydrogens is 290 g/mol. The van der Waals surface area contributed by atoms with E-state index in [4.69, 9.17) is 0 Å². The monoisotopic (exact) mass is 303 g/mol. The normalized spacial score (nSPS) is 14.4. The van der Waals surface area contributed by atoms with Crippen molar-refractivity contribution in [3.63, 3.8) is 0 Å². The van der Waals surface area contributed by atoms with Crippen LogP contribution in [0.1, 0.15) is 5.69 Å². The molecule has 2 N–H and O–H groups in total. The van der Waals surface area contributed by atoms with E-state index in [0.29, 0.717) is 17.0 Å². The molecule has 0 atom stereocenters. The first-order valence-corrected chi connectivity index (χ1v) is 7.22. The molecule has 5 heteroatoms. The average molecular weight is 303 g/mol. The fourth-order valence-corrected chi connectivity index (χ4v) is 2.63. The highest BCUT2D eigenvalue weighted by molar-refractivity contribution is 6.33. The molecule has 0 saturated carbocycles. The Kier molecular flexibility index (Phi) is 2.98. The van der Waals surface area contributed by atoms with Crippen LogP contribution in [0.25, 0.3) is 16.5 Å². The first-order chi connectivity index (χ1) is 11.2. The van der Waals surface area contributed by atoms with E-state index in [-0.39, 0.29) is 11.8 Å². The zero-order valence-corrected chi connectivity index (χ0v) is 12.1. The number of H-pyrrole nitrogens is 1. The van der Waals surface area contributed by atoms with Crippen molar-refractivity contribution in [2.24, 2.45) is 0 Å². The Morgan fingerprint density at radius 3 is 2.43 bits per heavy atom. The molecule has 2 aromatic carbocycles. The highest BCUT2D eigenvalue weighted by Crippen LogP contribution is 2.26. The lowest BCUT2D eigenvalue weighted by Gasteiger charge is -2.16. The average Bonchev–Trinajstić information content (AvgIpc) is 3.12. The van der Waals surface area contributed by atoms with Gasteiger partial charge in [0.1, 0.15) is 0 Å². The number of hydrogen-bond acceptors (Lipinski definition) is 3. The van der Waals surface area contributed by atoms with Gasteiger partial charge in [-0.3, -0.25) is 15.0 Å². The number of hydrogen-bond donors (Lipinski definition) is 2. The van der Waals surface area contributed by atoms with Gasteiger partial charge >= 0.3 is 0 Å². The highest BCUT2D eigenvalue weighted by Gasteiger charge is 2.33. The van der Waals surface area contributed by atoms with Crippen LogP contribution in [0, 0.1) is 0 Å². The molecular formula is C18H13N3O2. The van der Waals surface area contributed by atoms with Crippen LogP contribution in [-0.2, 0) is 9.59 Å². The number of hydrazine groups is 1. The molecule has 0 aliphatic carbocycles. The predicted molar refractivity (Wildman–Crippen MR) is 88.2 cm³/mol. The van der Waals surface area contributed by atoms with E-state index >= 15 is 0 Å². The smallest absolute Gasteiger partial charge is 0.282 e. The number of nitrogens with one attached hydrogen (secondary N) is 2. The highest BCUT2D eigenvalue weighted by atomic mass is 16.2. The van der Waals surface area contributed by atoms with Gasteiger partial charge in [0.15, 0.2) is 0 Å². The predicted octanol–water partition coefficient (Wildman–Crippen LogP) is 2.95. The fourth-order valence-electron chi connectivity index (χ4n) is 2.63. The first kappa shape index (κ1) is 13.3. The molecule has 0 saturated heterocycles. The fraction of sp³-hybridized carbons (Fsp3) is 0. The van der Waals surface area contributed by atoms with Crippen molar-refractivity contribution in [2.45, 2.75) is 0 Å². The van der Waals surface area contributed by atoms with Gasteiger partial charge in [0, 0.05) is 17.0 Å². The molecule has 3 aromatic rings. The largest absolute Gasteiger partial charge is 0.354 e. The van der Waals surface area contributed by atoms with Crippen molar-refractivity contribution in [3.8, 4) is 0 Å². The number of amides is 2. The van der Waals surface area contributed by atoms with Crippen LogP contribution < -0.4 is 5.43 Å². The number of carbonyl (C=O) groups excluding carboxylic acids is 2. The Labute approximate surface area is 132 Å². The molecule has 2 amide bonds. The third-order valence-electron chi connectivity index (χ3n) is 3.76. The van der Waals surface area contributed by atoms with Gasteiger partial charge in [0.05, 0.1) is 17.0 Å². The van der Waals surface area contributed by atoms with Gasteiger partial charge in [-0.05, 0) is 24.3 Å². The van der Waals surface area contributed by atoms with Crippen LogP contribution in [0.2, 0.25) is 0 Å². The Hall–Kier alpha value is -3.34. The van der Waals surface area contributed by atoms with E-state index in [1.807, 2.05) is 48.5 Å². The van der Waals surface area contributed by atoms with Crippen LogP contribution in [0.5, 0.6) is 0 Å². The maximum Gasteiger partial charge on any atom is 0.282 e. The summed E-state index contributed by atoms with van der Waals surface area (Å²) in [4.78, 5) is 27.9. The zero-order valence-electron chi connectivity index (χ0n) is 12.1. The summed E-state index contributed by atoms with van der Waals surface area (Å²) >= 11 is 0. The topological polar surface area (TPSA) is 65.2 Å². The molecule has 4 rings (SSSR count). The van der Waals surface area contributed by atoms with Gasteiger partial charge in [-0.25, -0.2) is 0 Å². The van der Waals surface area contributed by atoms with Gasteiger partial charge in [-0.15, -0.1) is 0 Å². The molecule has 0 spiro atoms. The number of fused-ring (bicyclic) bond motifs is 1. The number of anilines is 1. The molecule has 0 fully saturated rings. The standard InChI is InChI=1S/C18H13N3O2/c22-17-11-14(16-10-12-6-4-5-9-15(12)19-16)18(23)21(17)20-13-7-2-1-3-8-13/h1-11,19-20H. The molecule has 23 heavy (non-hydrogen) atoms. The number of rotatable bonds is 3. The molecule has 1 aliphatic rings. The van der Waals surface area contributed by atoms with Gasteiger partial charge in [0.25, 0.3) is 11.8 Å². The van der Waals surface area contributed by atoms with E-state index in [9.17, 15) is 9.59 Å². The second-order valence-corrected chi connectivity index (χ2v) is 5.28. The minimum absolute atomic E-state index is 0.356. The minimum atomic E-state index is -0.382. The molecule has 5 nitrogen and oxygen atoms in total.